The molecule has 0 bridgehead atoms. The van der Waals surface area contributed by atoms with Gasteiger partial charge in [0, 0.05) is 0 Å². The van der Waals surface area contributed by atoms with E-state index in [0.717, 1.165) is 6.66 Å². The quantitative estimate of drug-likeness (QED) is 0.378. The maximum atomic E-state index is 11.5. The van der Waals surface area contributed by atoms with Crippen LogP contribution in [-0.2, 0) is 9.13 Å². The Morgan fingerprint density at radius 1 is 1.47 bits per heavy atom. The van der Waals surface area contributed by atoms with E-state index in [1.807, 2.05) is 0 Å². The fourth-order valence-electron chi connectivity index (χ4n) is 1.25. The summed E-state index contributed by atoms with van der Waals surface area (Å²) in [4.78, 5) is 31.2. The molecule has 0 spiro atoms. The Morgan fingerprint density at radius 2 is 2.11 bits per heavy atom. The van der Waals surface area contributed by atoms with Crippen molar-refractivity contribution in [3.8, 4) is 5.75 Å². The molecule has 9 nitrogen and oxygen atoms in total. The third kappa shape index (κ3) is 4.85. The molecule has 0 aliphatic carbocycles. The first-order chi connectivity index (χ1) is 8.64. The van der Waals surface area contributed by atoms with E-state index in [1.54, 1.807) is 0 Å². The molecule has 0 aromatic carbocycles. The van der Waals surface area contributed by atoms with E-state index in [4.69, 9.17) is 19.8 Å². The van der Waals surface area contributed by atoms with Crippen molar-refractivity contribution in [2.45, 2.75) is 5.52 Å². The Bertz CT molecular complexity index is 536. The van der Waals surface area contributed by atoms with Crippen LogP contribution < -0.4 is 9.97 Å². The van der Waals surface area contributed by atoms with E-state index in [1.165, 1.54) is 18.3 Å². The molecule has 0 saturated carbocycles. The molecule has 2 unspecified atom stereocenters. The van der Waals surface area contributed by atoms with Gasteiger partial charge in [-0.1, -0.05) is 0 Å². The van der Waals surface area contributed by atoms with E-state index >= 15 is 0 Å². The second-order valence-electron chi connectivity index (χ2n) is 3.66. The van der Waals surface area contributed by atoms with Crippen molar-refractivity contribution < 1.29 is 28.5 Å². The third-order valence-electron chi connectivity index (χ3n) is 1.98. The maximum absolute atomic E-state index is 11.5. The first kappa shape index (κ1) is 16.0. The molecule has 12 heteroatoms. The Hall–Kier alpha value is -1.05. The zero-order valence-corrected chi connectivity index (χ0v) is 11.6. The van der Waals surface area contributed by atoms with Gasteiger partial charge >= 0.3 is 108 Å². The second kappa shape index (κ2) is 5.94. The van der Waals surface area contributed by atoms with Crippen molar-refractivity contribution in [3.63, 3.8) is 0 Å². The fraction of sp³-hybridized carbons (Fsp3) is 0.286. The van der Waals surface area contributed by atoms with Gasteiger partial charge in [-0.25, -0.2) is 0 Å². The molecule has 0 saturated heterocycles. The van der Waals surface area contributed by atoms with Crippen LogP contribution in [0, 0.1) is 5.31 Å². The van der Waals surface area contributed by atoms with E-state index < -0.39 is 20.5 Å². The summed E-state index contributed by atoms with van der Waals surface area (Å²) in [6, 6.07) is 2.65. The predicted octanol–water partition coefficient (Wildman–Crippen LogP) is 0.615. The summed E-state index contributed by atoms with van der Waals surface area (Å²) in [5.74, 6) is 0.143. The molecular weight excluding hydrogens is 295 g/mol. The van der Waals surface area contributed by atoms with E-state index in [0.29, 0.717) is 7.27 Å². The van der Waals surface area contributed by atoms with Crippen molar-refractivity contribution in [1.82, 2.24) is 4.98 Å². The summed E-state index contributed by atoms with van der Waals surface area (Å²) in [5, 5.41) is 8.97. The van der Waals surface area contributed by atoms with E-state index in [9.17, 15) is 14.0 Å². The molecule has 0 aliphatic heterocycles. The molecule has 0 radical (unpaired) electrons. The summed E-state index contributed by atoms with van der Waals surface area (Å²) in [6.07, 6.45) is 1.26. The molecule has 104 valence electrons. The van der Waals surface area contributed by atoms with Crippen LogP contribution in [0.1, 0.15) is 0 Å². The van der Waals surface area contributed by atoms with Crippen LogP contribution in [0.2, 0.25) is 0 Å². The van der Waals surface area contributed by atoms with Gasteiger partial charge < -0.3 is 0 Å². The molecule has 0 amide bonds. The summed E-state index contributed by atoms with van der Waals surface area (Å²) >= 11 is 0. The number of nitrogens with one attached hydrogen (secondary N) is 2. The predicted molar refractivity (Wildman–Crippen MR) is 68.5 cm³/mol. The summed E-state index contributed by atoms with van der Waals surface area (Å²) in [7, 11) is -8.27. The number of rotatable bonds is 6. The molecule has 19 heavy (non-hydrogen) atoms. The zero-order chi connectivity index (χ0) is 14.7. The first-order valence-electron chi connectivity index (χ1n) is 4.88. The van der Waals surface area contributed by atoms with Crippen LogP contribution >= 0.6 is 15.0 Å². The molecule has 5 N–H and O–H groups in total. The van der Waals surface area contributed by atoms with Crippen molar-refractivity contribution in [2.24, 2.45) is 0 Å². The summed E-state index contributed by atoms with van der Waals surface area (Å²) in [5.41, 5.74) is -1.96. The SMILES string of the molecule is CP(=O)(O)C(Nc1cc(OB=N)ccn1)P(=O)(O)O. The van der Waals surface area contributed by atoms with Crippen molar-refractivity contribution >= 4 is 28.1 Å². The minimum absolute atomic E-state index is 0.0520. The monoisotopic (exact) mass is 307 g/mol. The molecule has 1 aromatic rings. The molecule has 0 aliphatic rings. The standard InChI is InChI=1S/C7H12BN3O6P2/c1-18(12,13)7(19(14,15)16)11-6-4-5(17-8-9)2-3-10-6/h2-4,7,9H,1H3,(H,10,11)(H,12,13)(H2,14,15,16). The Morgan fingerprint density at radius 3 is 2.58 bits per heavy atom. The number of aromatic nitrogens is 1. The van der Waals surface area contributed by atoms with Gasteiger partial charge in [-0.2, -0.15) is 0 Å². The Kier molecular flexibility index (Phi) is 5.01. The number of hydrogen-bond acceptors (Lipinski definition) is 6. The van der Waals surface area contributed by atoms with Crippen LogP contribution in [-0.4, -0.2) is 39.1 Å². The Labute approximate surface area is 109 Å². The van der Waals surface area contributed by atoms with Crippen LogP contribution in [0.15, 0.2) is 18.3 Å². The van der Waals surface area contributed by atoms with Crippen molar-refractivity contribution in [1.29, 1.82) is 5.31 Å². The van der Waals surface area contributed by atoms with Gasteiger partial charge in [0.25, 0.3) is 0 Å². The van der Waals surface area contributed by atoms with Gasteiger partial charge in [-0.15, -0.1) is 0 Å². The van der Waals surface area contributed by atoms with Crippen LogP contribution in [0.25, 0.3) is 0 Å². The van der Waals surface area contributed by atoms with E-state index in [-0.39, 0.29) is 11.6 Å². The zero-order valence-electron chi connectivity index (χ0n) is 9.79. The van der Waals surface area contributed by atoms with E-state index in [2.05, 4.69) is 10.3 Å². The van der Waals surface area contributed by atoms with Gasteiger partial charge in [0.15, 0.2) is 0 Å². The molecule has 2 atom stereocenters. The van der Waals surface area contributed by atoms with Gasteiger partial charge in [-0.3, -0.25) is 0 Å². The molecule has 1 aromatic heterocycles. The molecule has 0 fully saturated rings. The van der Waals surface area contributed by atoms with Gasteiger partial charge in [0.05, 0.1) is 0 Å². The number of pyridine rings is 1. The van der Waals surface area contributed by atoms with Gasteiger partial charge in [0.2, 0.25) is 0 Å². The Balaban J connectivity index is 3.04. The average molecular weight is 307 g/mol. The van der Waals surface area contributed by atoms with Crippen LogP contribution in [0.3, 0.4) is 0 Å². The van der Waals surface area contributed by atoms with Crippen molar-refractivity contribution in [3.05, 3.63) is 18.3 Å². The average Bonchev–Trinajstić information content (AvgIpc) is 2.24. The fourth-order valence-corrected chi connectivity index (χ4v) is 4.15. The van der Waals surface area contributed by atoms with Gasteiger partial charge in [0.1, 0.15) is 0 Å². The van der Waals surface area contributed by atoms with Crippen molar-refractivity contribution in [2.75, 3.05) is 12.0 Å². The molecular formula is C7H12BN3O6P2. The number of hydrogen-bond donors (Lipinski definition) is 5. The van der Waals surface area contributed by atoms with Crippen LogP contribution in [0.4, 0.5) is 5.82 Å². The third-order valence-corrected chi connectivity index (χ3v) is 5.97. The number of nitrogens with zero attached hydrogens (tertiary/aromatic N) is 1. The van der Waals surface area contributed by atoms with Gasteiger partial charge in [-0.05, 0) is 0 Å². The summed E-state index contributed by atoms with van der Waals surface area (Å²) in [6.45, 7) is 0.835. The minimum atomic E-state index is -4.84. The first-order valence-corrected chi connectivity index (χ1v) is 8.73. The number of anilines is 1. The topological polar surface area (TPSA) is 153 Å². The summed E-state index contributed by atoms with van der Waals surface area (Å²) < 4.78 is 27.4. The molecule has 1 heterocycles. The molecule has 1 rings (SSSR count). The second-order valence-corrected chi connectivity index (χ2v) is 8.17. The normalized spacial score (nSPS) is 16.0. The van der Waals surface area contributed by atoms with Crippen LogP contribution in [0.5, 0.6) is 5.75 Å².